The summed E-state index contributed by atoms with van der Waals surface area (Å²) in [5, 5.41) is 25.4. The molecule has 9 N–H and O–H groups in total. The lowest BCUT2D eigenvalue weighted by Crippen LogP contribution is -2.55. The van der Waals surface area contributed by atoms with Crippen LogP contribution >= 0.6 is 0 Å². The van der Waals surface area contributed by atoms with E-state index in [4.69, 9.17) is 16.6 Å². The first-order valence-electron chi connectivity index (χ1n) is 9.97. The molecule has 0 saturated heterocycles. The van der Waals surface area contributed by atoms with Crippen LogP contribution < -0.4 is 27.4 Å². The highest BCUT2D eigenvalue weighted by molar-refractivity contribution is 5.93. The highest BCUT2D eigenvalue weighted by Gasteiger charge is 2.26. The number of phenolic OH excluding ortho intramolecular Hbond substituents is 1. The summed E-state index contributed by atoms with van der Waals surface area (Å²) >= 11 is 0. The van der Waals surface area contributed by atoms with Crippen LogP contribution in [0.15, 0.2) is 24.3 Å². The molecule has 11 heteroatoms. The number of hydrogen-bond acceptors (Lipinski definition) is 7. The highest BCUT2D eigenvalue weighted by atomic mass is 16.4. The quantitative estimate of drug-likeness (QED) is 0.182. The minimum absolute atomic E-state index is 0.0406. The van der Waals surface area contributed by atoms with Crippen LogP contribution in [0.4, 0.5) is 0 Å². The first kappa shape index (κ1) is 25.9. The summed E-state index contributed by atoms with van der Waals surface area (Å²) in [6.07, 6.45) is 1.90. The predicted octanol–water partition coefficient (Wildman–Crippen LogP) is -1.42. The molecular formula is C20H31N5O6. The molecule has 172 valence electrons. The zero-order valence-corrected chi connectivity index (χ0v) is 17.5. The molecule has 0 spiro atoms. The van der Waals surface area contributed by atoms with Crippen molar-refractivity contribution in [3.8, 4) is 5.75 Å². The van der Waals surface area contributed by atoms with E-state index in [-0.39, 0.29) is 12.2 Å². The van der Waals surface area contributed by atoms with E-state index in [0.717, 1.165) is 6.42 Å². The van der Waals surface area contributed by atoms with Gasteiger partial charge < -0.3 is 37.6 Å². The molecule has 31 heavy (non-hydrogen) atoms. The number of aliphatic carboxylic acids is 1. The molecule has 1 aromatic carbocycles. The van der Waals surface area contributed by atoms with Crippen LogP contribution in [0, 0.1) is 0 Å². The SMILES string of the molecule is CC(NC(=O)C(N)CCCCN)C(=O)NC(Cc1ccc(O)cc1)C(=O)NCC(=O)O. The Morgan fingerprint density at radius 3 is 2.23 bits per heavy atom. The normalized spacial score (nSPS) is 13.5. The molecule has 11 nitrogen and oxygen atoms in total. The largest absolute Gasteiger partial charge is 0.508 e. The molecule has 3 atom stereocenters. The summed E-state index contributed by atoms with van der Waals surface area (Å²) < 4.78 is 0. The van der Waals surface area contributed by atoms with E-state index in [0.29, 0.717) is 24.9 Å². The van der Waals surface area contributed by atoms with Gasteiger partial charge in [0, 0.05) is 6.42 Å². The molecule has 3 unspecified atom stereocenters. The van der Waals surface area contributed by atoms with Crippen molar-refractivity contribution in [2.75, 3.05) is 13.1 Å². The summed E-state index contributed by atoms with van der Waals surface area (Å²) in [6.45, 7) is 1.34. The lowest BCUT2D eigenvalue weighted by Gasteiger charge is -2.22. The maximum absolute atomic E-state index is 12.5. The summed E-state index contributed by atoms with van der Waals surface area (Å²) in [5.74, 6) is -3.01. The molecule has 0 fully saturated rings. The topological polar surface area (TPSA) is 197 Å². The molecule has 0 aromatic heterocycles. The van der Waals surface area contributed by atoms with Gasteiger partial charge in [0.1, 0.15) is 24.4 Å². The third kappa shape index (κ3) is 9.92. The van der Waals surface area contributed by atoms with E-state index in [2.05, 4.69) is 16.0 Å². The van der Waals surface area contributed by atoms with Gasteiger partial charge >= 0.3 is 5.97 Å². The Morgan fingerprint density at radius 2 is 1.65 bits per heavy atom. The number of hydrogen-bond donors (Lipinski definition) is 7. The third-order valence-corrected chi connectivity index (χ3v) is 4.48. The number of aromatic hydroxyl groups is 1. The van der Waals surface area contributed by atoms with E-state index < -0.39 is 48.4 Å². The number of nitrogens with one attached hydrogen (secondary N) is 3. The van der Waals surface area contributed by atoms with Crippen LogP contribution in [-0.2, 0) is 25.6 Å². The van der Waals surface area contributed by atoms with E-state index in [1.807, 2.05) is 0 Å². The molecular weight excluding hydrogens is 406 g/mol. The highest BCUT2D eigenvalue weighted by Crippen LogP contribution is 2.11. The lowest BCUT2D eigenvalue weighted by atomic mass is 10.0. The molecule has 1 rings (SSSR count). The number of carbonyl (C=O) groups excluding carboxylic acids is 3. The summed E-state index contributed by atoms with van der Waals surface area (Å²) in [4.78, 5) is 47.8. The standard InChI is InChI=1S/C20H31N5O6/c1-12(24-19(30)15(22)4-2-3-9-21)18(29)25-16(20(31)23-11-17(27)28)10-13-5-7-14(26)8-6-13/h5-8,12,15-16,26H,2-4,9-11,21-22H2,1H3,(H,23,31)(H,24,30)(H,25,29)(H,27,28). The maximum Gasteiger partial charge on any atom is 0.322 e. The van der Waals surface area contributed by atoms with Gasteiger partial charge in [-0.1, -0.05) is 18.6 Å². The Hall–Kier alpha value is -3.18. The van der Waals surface area contributed by atoms with Crippen LogP contribution in [-0.4, -0.2) is 65.1 Å². The van der Waals surface area contributed by atoms with Crippen molar-refractivity contribution in [3.63, 3.8) is 0 Å². The number of unbranched alkanes of at least 4 members (excludes halogenated alkanes) is 1. The van der Waals surface area contributed by atoms with Crippen LogP contribution in [0.1, 0.15) is 31.7 Å². The Kier molecular flexibility index (Phi) is 11.0. The fourth-order valence-corrected chi connectivity index (χ4v) is 2.69. The van der Waals surface area contributed by atoms with Crippen molar-refractivity contribution < 1.29 is 29.4 Å². The van der Waals surface area contributed by atoms with Gasteiger partial charge in [-0.2, -0.15) is 0 Å². The van der Waals surface area contributed by atoms with Gasteiger partial charge in [-0.3, -0.25) is 19.2 Å². The van der Waals surface area contributed by atoms with E-state index in [9.17, 15) is 24.3 Å². The average molecular weight is 437 g/mol. The zero-order chi connectivity index (χ0) is 23.4. The van der Waals surface area contributed by atoms with Crippen molar-refractivity contribution >= 4 is 23.7 Å². The Balaban J connectivity index is 2.75. The van der Waals surface area contributed by atoms with Crippen molar-refractivity contribution in [3.05, 3.63) is 29.8 Å². The zero-order valence-electron chi connectivity index (χ0n) is 17.5. The predicted molar refractivity (Wildman–Crippen MR) is 113 cm³/mol. The maximum atomic E-state index is 12.5. The molecule has 0 bridgehead atoms. The molecule has 0 aliphatic heterocycles. The van der Waals surface area contributed by atoms with Gasteiger partial charge in [0.2, 0.25) is 17.7 Å². The number of phenols is 1. The fraction of sp³-hybridized carbons (Fsp3) is 0.500. The van der Waals surface area contributed by atoms with Crippen molar-refractivity contribution in [1.82, 2.24) is 16.0 Å². The number of rotatable bonds is 13. The van der Waals surface area contributed by atoms with Crippen LogP contribution in [0.5, 0.6) is 5.75 Å². The smallest absolute Gasteiger partial charge is 0.322 e. The minimum atomic E-state index is -1.23. The third-order valence-electron chi connectivity index (χ3n) is 4.48. The molecule has 0 radical (unpaired) electrons. The van der Waals surface area contributed by atoms with Gasteiger partial charge in [-0.15, -0.1) is 0 Å². The lowest BCUT2D eigenvalue weighted by molar-refractivity contribution is -0.138. The van der Waals surface area contributed by atoms with E-state index in [1.165, 1.54) is 19.1 Å². The van der Waals surface area contributed by atoms with Gasteiger partial charge in [-0.25, -0.2) is 0 Å². The summed E-state index contributed by atoms with van der Waals surface area (Å²) in [7, 11) is 0. The number of carboxylic acids is 1. The van der Waals surface area contributed by atoms with Crippen LogP contribution in [0.3, 0.4) is 0 Å². The number of carbonyl (C=O) groups is 4. The monoisotopic (exact) mass is 437 g/mol. The number of carboxylic acid groups (broad SMARTS) is 1. The molecule has 0 aliphatic rings. The number of amides is 3. The van der Waals surface area contributed by atoms with Gasteiger partial charge in [0.25, 0.3) is 0 Å². The summed E-state index contributed by atoms with van der Waals surface area (Å²) in [5.41, 5.74) is 11.9. The van der Waals surface area contributed by atoms with Crippen molar-refractivity contribution in [1.29, 1.82) is 0 Å². The second kappa shape index (κ2) is 13.2. The van der Waals surface area contributed by atoms with Gasteiger partial charge in [-0.05, 0) is 44.0 Å². The van der Waals surface area contributed by atoms with E-state index in [1.54, 1.807) is 12.1 Å². The second-order valence-corrected chi connectivity index (χ2v) is 7.16. The molecule has 0 aliphatic carbocycles. The average Bonchev–Trinajstić information content (AvgIpc) is 2.72. The van der Waals surface area contributed by atoms with Gasteiger partial charge in [0.15, 0.2) is 0 Å². The van der Waals surface area contributed by atoms with Crippen LogP contribution in [0.25, 0.3) is 0 Å². The van der Waals surface area contributed by atoms with E-state index >= 15 is 0 Å². The van der Waals surface area contributed by atoms with Crippen molar-refractivity contribution in [2.24, 2.45) is 11.5 Å². The van der Waals surface area contributed by atoms with Crippen LogP contribution in [0.2, 0.25) is 0 Å². The van der Waals surface area contributed by atoms with Crippen molar-refractivity contribution in [2.45, 2.75) is 50.7 Å². The first-order chi connectivity index (χ1) is 14.6. The second-order valence-electron chi connectivity index (χ2n) is 7.16. The Bertz CT molecular complexity index is 755. The fourth-order valence-electron chi connectivity index (χ4n) is 2.69. The first-order valence-corrected chi connectivity index (χ1v) is 9.97. The number of nitrogens with two attached hydrogens (primary N) is 2. The Labute approximate surface area is 180 Å². The summed E-state index contributed by atoms with van der Waals surface area (Å²) in [6, 6.07) is 3.16. The molecule has 1 aromatic rings. The van der Waals surface area contributed by atoms with Gasteiger partial charge in [0.05, 0.1) is 6.04 Å². The Morgan fingerprint density at radius 1 is 1.00 bits per heavy atom. The molecule has 3 amide bonds. The molecule has 0 saturated carbocycles. The molecule has 0 heterocycles. The minimum Gasteiger partial charge on any atom is -0.508 e. The number of benzene rings is 1.